The van der Waals surface area contributed by atoms with Gasteiger partial charge in [0.2, 0.25) is 0 Å². The van der Waals surface area contributed by atoms with Gasteiger partial charge in [0.05, 0.1) is 0 Å². The van der Waals surface area contributed by atoms with Crippen molar-refractivity contribution in [2.24, 2.45) is 0 Å². The summed E-state index contributed by atoms with van der Waals surface area (Å²) in [6.07, 6.45) is 3.73. The van der Waals surface area contributed by atoms with Crippen LogP contribution in [0.25, 0.3) is 0 Å². The molecule has 1 aromatic carbocycles. The molecule has 1 aliphatic rings. The summed E-state index contributed by atoms with van der Waals surface area (Å²) in [7, 11) is 2.20. The highest BCUT2D eigenvalue weighted by atomic mass is 35.5. The summed E-state index contributed by atoms with van der Waals surface area (Å²) in [4.78, 5) is 2.40. The highest BCUT2D eigenvalue weighted by Crippen LogP contribution is 2.19. The van der Waals surface area contributed by atoms with Crippen molar-refractivity contribution < 1.29 is 0 Å². The van der Waals surface area contributed by atoms with Gasteiger partial charge in [-0.25, -0.2) is 0 Å². The van der Waals surface area contributed by atoms with Crippen LogP contribution in [0.2, 0.25) is 5.02 Å². The maximum atomic E-state index is 5.97. The lowest BCUT2D eigenvalue weighted by Crippen LogP contribution is -2.22. The van der Waals surface area contributed by atoms with Gasteiger partial charge in [-0.2, -0.15) is 0 Å². The average molecular weight is 239 g/mol. The van der Waals surface area contributed by atoms with Crippen LogP contribution in [0, 0.1) is 0 Å². The number of halogens is 1. The minimum Gasteiger partial charge on any atom is -0.382 e. The number of benzene rings is 1. The number of hydrogen-bond acceptors (Lipinski definition) is 2. The zero-order valence-electron chi connectivity index (χ0n) is 9.75. The van der Waals surface area contributed by atoms with Crippen LogP contribution in [0.5, 0.6) is 0 Å². The lowest BCUT2D eigenvalue weighted by atomic mass is 10.1. The van der Waals surface area contributed by atoms with Crippen LogP contribution in [0.3, 0.4) is 0 Å². The summed E-state index contributed by atoms with van der Waals surface area (Å²) in [5, 5.41) is 4.37. The van der Waals surface area contributed by atoms with E-state index in [0.717, 1.165) is 10.7 Å². The smallest absolute Gasteiger partial charge is 0.0426 e. The first-order valence-electron chi connectivity index (χ1n) is 5.95. The lowest BCUT2D eigenvalue weighted by Gasteiger charge is -2.18. The number of rotatable bonds is 2. The molecule has 1 unspecified atom stereocenters. The van der Waals surface area contributed by atoms with Crippen molar-refractivity contribution in [3.8, 4) is 0 Å². The molecule has 88 valence electrons. The van der Waals surface area contributed by atoms with E-state index in [1.165, 1.54) is 32.4 Å². The highest BCUT2D eigenvalue weighted by Gasteiger charge is 2.14. The fourth-order valence-corrected chi connectivity index (χ4v) is 2.39. The second kappa shape index (κ2) is 5.55. The number of anilines is 1. The van der Waals surface area contributed by atoms with Crippen LogP contribution < -0.4 is 5.32 Å². The topological polar surface area (TPSA) is 15.3 Å². The summed E-state index contributed by atoms with van der Waals surface area (Å²) >= 11 is 5.97. The molecule has 0 bridgehead atoms. The molecule has 1 atom stereocenters. The van der Waals surface area contributed by atoms with Crippen LogP contribution in [0.1, 0.15) is 19.3 Å². The van der Waals surface area contributed by atoms with Gasteiger partial charge in [0.25, 0.3) is 0 Å². The summed E-state index contributed by atoms with van der Waals surface area (Å²) in [5.74, 6) is 0. The highest BCUT2D eigenvalue weighted by molar-refractivity contribution is 6.30. The van der Waals surface area contributed by atoms with Gasteiger partial charge >= 0.3 is 0 Å². The average Bonchev–Trinajstić information content (AvgIpc) is 2.44. The monoisotopic (exact) mass is 238 g/mol. The molecule has 1 aromatic rings. The molecule has 3 heteroatoms. The molecule has 1 fully saturated rings. The minimum absolute atomic E-state index is 0.586. The predicted molar refractivity (Wildman–Crippen MR) is 70.2 cm³/mol. The number of nitrogens with one attached hydrogen (secondary N) is 1. The van der Waals surface area contributed by atoms with Crippen molar-refractivity contribution in [1.82, 2.24) is 4.90 Å². The van der Waals surface area contributed by atoms with Gasteiger partial charge in [0, 0.05) is 16.8 Å². The Balaban J connectivity index is 1.93. The second-order valence-corrected chi connectivity index (χ2v) is 5.02. The van der Waals surface area contributed by atoms with Crippen molar-refractivity contribution in [1.29, 1.82) is 0 Å². The maximum Gasteiger partial charge on any atom is 0.0426 e. The van der Waals surface area contributed by atoms with E-state index in [2.05, 4.69) is 23.3 Å². The largest absolute Gasteiger partial charge is 0.382 e. The van der Waals surface area contributed by atoms with E-state index in [0.29, 0.717) is 6.04 Å². The molecule has 1 heterocycles. The first kappa shape index (κ1) is 11.7. The molecule has 2 rings (SSSR count). The maximum absolute atomic E-state index is 5.97. The third kappa shape index (κ3) is 3.39. The van der Waals surface area contributed by atoms with Gasteiger partial charge in [-0.15, -0.1) is 0 Å². The summed E-state index contributed by atoms with van der Waals surface area (Å²) in [5.41, 5.74) is 1.14. The first-order chi connectivity index (χ1) is 7.74. The molecule has 0 spiro atoms. The Labute approximate surface area is 103 Å². The Morgan fingerprint density at radius 1 is 1.31 bits per heavy atom. The van der Waals surface area contributed by atoms with Gasteiger partial charge in [-0.3, -0.25) is 0 Å². The fraction of sp³-hybridized carbons (Fsp3) is 0.538. The molecule has 0 radical (unpaired) electrons. The van der Waals surface area contributed by atoms with Gasteiger partial charge < -0.3 is 10.2 Å². The van der Waals surface area contributed by atoms with Crippen molar-refractivity contribution in [2.45, 2.75) is 25.3 Å². The summed E-state index contributed by atoms with van der Waals surface area (Å²) in [6.45, 7) is 2.39. The lowest BCUT2D eigenvalue weighted by molar-refractivity contribution is 0.348. The molecular weight excluding hydrogens is 220 g/mol. The van der Waals surface area contributed by atoms with Crippen LogP contribution in [0.4, 0.5) is 5.69 Å². The zero-order valence-corrected chi connectivity index (χ0v) is 10.5. The van der Waals surface area contributed by atoms with Crippen molar-refractivity contribution >= 4 is 17.3 Å². The molecule has 1 saturated heterocycles. The molecule has 0 aliphatic carbocycles. The standard InChI is InChI=1S/C13H19ClN2/c1-16-8-3-6-12(7-9-16)15-13-5-2-4-11(14)10-13/h2,4-5,10,12,15H,3,6-9H2,1H3. The van der Waals surface area contributed by atoms with Crippen molar-refractivity contribution in [3.05, 3.63) is 29.3 Å². The number of nitrogens with zero attached hydrogens (tertiary/aromatic N) is 1. The summed E-state index contributed by atoms with van der Waals surface area (Å²) < 4.78 is 0. The third-order valence-electron chi connectivity index (χ3n) is 3.15. The van der Waals surface area contributed by atoms with Gasteiger partial charge in [0.15, 0.2) is 0 Å². The Kier molecular flexibility index (Phi) is 4.08. The van der Waals surface area contributed by atoms with Crippen molar-refractivity contribution in [2.75, 3.05) is 25.5 Å². The molecule has 1 N–H and O–H groups in total. The van der Waals surface area contributed by atoms with Crippen LogP contribution >= 0.6 is 11.6 Å². The van der Waals surface area contributed by atoms with Gasteiger partial charge in [-0.05, 0) is 57.6 Å². The number of likely N-dealkylation sites (tertiary alicyclic amines) is 1. The molecule has 16 heavy (non-hydrogen) atoms. The Morgan fingerprint density at radius 3 is 3.00 bits per heavy atom. The predicted octanol–water partition coefficient (Wildman–Crippen LogP) is 3.24. The number of hydrogen-bond donors (Lipinski definition) is 1. The second-order valence-electron chi connectivity index (χ2n) is 4.59. The fourth-order valence-electron chi connectivity index (χ4n) is 2.20. The van der Waals surface area contributed by atoms with E-state index in [1.807, 2.05) is 18.2 Å². The van der Waals surface area contributed by atoms with Crippen LogP contribution in [-0.2, 0) is 0 Å². The Morgan fingerprint density at radius 2 is 2.19 bits per heavy atom. The Hall–Kier alpha value is -0.730. The molecular formula is C13H19ClN2. The molecule has 0 saturated carbocycles. The van der Waals surface area contributed by atoms with Crippen LogP contribution in [-0.4, -0.2) is 31.1 Å². The van der Waals surface area contributed by atoms with Crippen molar-refractivity contribution in [3.63, 3.8) is 0 Å². The van der Waals surface area contributed by atoms with Crippen LogP contribution in [0.15, 0.2) is 24.3 Å². The molecule has 0 amide bonds. The normalized spacial score (nSPS) is 22.8. The van der Waals surface area contributed by atoms with Gasteiger partial charge in [0.1, 0.15) is 0 Å². The molecule has 2 nitrogen and oxygen atoms in total. The minimum atomic E-state index is 0.586. The van der Waals surface area contributed by atoms with E-state index in [-0.39, 0.29) is 0 Å². The van der Waals surface area contributed by atoms with E-state index in [9.17, 15) is 0 Å². The van der Waals surface area contributed by atoms with Gasteiger partial charge in [-0.1, -0.05) is 17.7 Å². The van der Waals surface area contributed by atoms with E-state index >= 15 is 0 Å². The SMILES string of the molecule is CN1CCCC(Nc2cccc(Cl)c2)CC1. The van der Waals surface area contributed by atoms with E-state index in [1.54, 1.807) is 0 Å². The first-order valence-corrected chi connectivity index (χ1v) is 6.32. The third-order valence-corrected chi connectivity index (χ3v) is 3.38. The quantitative estimate of drug-likeness (QED) is 0.851. The summed E-state index contributed by atoms with van der Waals surface area (Å²) in [6, 6.07) is 8.57. The Bertz CT molecular complexity index is 340. The molecule has 1 aliphatic heterocycles. The zero-order chi connectivity index (χ0) is 11.4. The molecule has 0 aromatic heterocycles. The van der Waals surface area contributed by atoms with E-state index in [4.69, 9.17) is 11.6 Å². The van der Waals surface area contributed by atoms with E-state index < -0.39 is 0 Å².